The lowest BCUT2D eigenvalue weighted by Gasteiger charge is -2.21. The van der Waals surface area contributed by atoms with Crippen LogP contribution >= 0.6 is 15.9 Å². The lowest BCUT2D eigenvalue weighted by molar-refractivity contribution is 0.0761. The maximum absolute atomic E-state index is 5.51. The minimum absolute atomic E-state index is 0.245. The molecule has 0 saturated carbocycles. The maximum atomic E-state index is 5.51. The summed E-state index contributed by atoms with van der Waals surface area (Å²) in [6.45, 7) is 11.8. The zero-order chi connectivity index (χ0) is 9.61. The Morgan fingerprint density at radius 3 is 2.50 bits per heavy atom. The first kappa shape index (κ1) is 12.2. The summed E-state index contributed by atoms with van der Waals surface area (Å²) in [7, 11) is 0. The molecule has 0 aliphatic carbocycles. The molecule has 0 spiro atoms. The average Bonchev–Trinajstić information content (AvgIpc) is 1.98. The van der Waals surface area contributed by atoms with Crippen molar-refractivity contribution in [1.82, 2.24) is 0 Å². The van der Waals surface area contributed by atoms with Crippen molar-refractivity contribution in [3.63, 3.8) is 0 Å². The van der Waals surface area contributed by atoms with E-state index in [1.807, 2.05) is 6.92 Å². The van der Waals surface area contributed by atoms with E-state index in [0.29, 0.717) is 0 Å². The Kier molecular flexibility index (Phi) is 5.85. The van der Waals surface area contributed by atoms with Crippen LogP contribution in [0.25, 0.3) is 0 Å². The van der Waals surface area contributed by atoms with Gasteiger partial charge in [0.25, 0.3) is 0 Å². The van der Waals surface area contributed by atoms with Crippen LogP contribution in [0.4, 0.5) is 0 Å². The summed E-state index contributed by atoms with van der Waals surface area (Å²) in [4.78, 5) is 0. The largest absolute Gasteiger partial charge is 0.381 e. The van der Waals surface area contributed by atoms with Gasteiger partial charge in [-0.3, -0.25) is 0 Å². The van der Waals surface area contributed by atoms with Crippen molar-refractivity contribution in [1.29, 1.82) is 0 Å². The number of alkyl halides is 1. The van der Waals surface area contributed by atoms with Crippen LogP contribution < -0.4 is 0 Å². The fourth-order valence-corrected chi connectivity index (χ4v) is 0.795. The molecule has 0 amide bonds. The van der Waals surface area contributed by atoms with Crippen LogP contribution in [0.2, 0.25) is 0 Å². The van der Waals surface area contributed by atoms with E-state index in [-0.39, 0.29) is 5.41 Å². The average molecular weight is 235 g/mol. The minimum atomic E-state index is 0.245. The first-order valence-electron chi connectivity index (χ1n) is 4.26. The van der Waals surface area contributed by atoms with Crippen LogP contribution in [-0.4, -0.2) is 18.5 Å². The minimum Gasteiger partial charge on any atom is -0.381 e. The third-order valence-corrected chi connectivity index (χ3v) is 3.05. The van der Waals surface area contributed by atoms with Gasteiger partial charge in [-0.2, -0.15) is 0 Å². The highest BCUT2D eigenvalue weighted by molar-refractivity contribution is 9.09. The van der Waals surface area contributed by atoms with E-state index in [0.717, 1.165) is 25.0 Å². The maximum Gasteiger partial charge on any atom is 0.0525 e. The van der Waals surface area contributed by atoms with Gasteiger partial charge in [0.1, 0.15) is 0 Å². The summed E-state index contributed by atoms with van der Waals surface area (Å²) in [5, 5.41) is 0.979. The summed E-state index contributed by atoms with van der Waals surface area (Å²) < 4.78 is 5.51. The smallest absolute Gasteiger partial charge is 0.0525 e. The van der Waals surface area contributed by atoms with E-state index < -0.39 is 0 Å². The van der Waals surface area contributed by atoms with Crippen molar-refractivity contribution in [3.05, 3.63) is 12.2 Å². The number of rotatable bonds is 6. The summed E-state index contributed by atoms with van der Waals surface area (Å²) in [6, 6.07) is 0. The van der Waals surface area contributed by atoms with Gasteiger partial charge in [-0.05, 0) is 18.8 Å². The Hall–Kier alpha value is 0.180. The van der Waals surface area contributed by atoms with Gasteiger partial charge >= 0.3 is 0 Å². The first-order chi connectivity index (χ1) is 5.48. The summed E-state index contributed by atoms with van der Waals surface area (Å²) in [5.41, 5.74) is 1.43. The van der Waals surface area contributed by atoms with Gasteiger partial charge in [-0.15, -0.1) is 6.58 Å². The van der Waals surface area contributed by atoms with Crippen molar-refractivity contribution >= 4 is 15.9 Å². The second kappa shape index (κ2) is 5.76. The van der Waals surface area contributed by atoms with E-state index in [1.165, 1.54) is 5.57 Å². The summed E-state index contributed by atoms with van der Waals surface area (Å²) in [6.07, 6.45) is 0.971. The molecule has 0 aliphatic rings. The lowest BCUT2D eigenvalue weighted by atomic mass is 9.98. The number of ether oxygens (including phenoxy) is 1. The van der Waals surface area contributed by atoms with Crippen LogP contribution in [-0.2, 0) is 4.74 Å². The van der Waals surface area contributed by atoms with Gasteiger partial charge < -0.3 is 4.74 Å². The Morgan fingerprint density at radius 2 is 2.08 bits per heavy atom. The van der Waals surface area contributed by atoms with Crippen LogP contribution in [0, 0.1) is 5.41 Å². The van der Waals surface area contributed by atoms with E-state index >= 15 is 0 Å². The Morgan fingerprint density at radius 1 is 1.50 bits per heavy atom. The predicted molar refractivity (Wildman–Crippen MR) is 57.8 cm³/mol. The van der Waals surface area contributed by atoms with Gasteiger partial charge in [0.2, 0.25) is 0 Å². The summed E-state index contributed by atoms with van der Waals surface area (Å²) >= 11 is 3.45. The van der Waals surface area contributed by atoms with E-state index in [9.17, 15) is 0 Å². The standard InChI is InChI=1S/C10H19BrO/c1-9(2)5-6-12-8-10(3,4)7-11/h1,5-8H2,2-4H3. The second-order valence-corrected chi connectivity index (χ2v) is 4.62. The van der Waals surface area contributed by atoms with Crippen molar-refractivity contribution in [2.75, 3.05) is 18.5 Å². The molecular weight excluding hydrogens is 216 g/mol. The fraction of sp³-hybridized carbons (Fsp3) is 0.800. The molecule has 0 unspecified atom stereocenters. The van der Waals surface area contributed by atoms with Crippen LogP contribution in [0.3, 0.4) is 0 Å². The SMILES string of the molecule is C=C(C)CCOCC(C)(C)CBr. The van der Waals surface area contributed by atoms with Gasteiger partial charge in [-0.1, -0.05) is 35.4 Å². The molecule has 1 nitrogen and oxygen atoms in total. The van der Waals surface area contributed by atoms with Crippen molar-refractivity contribution in [2.24, 2.45) is 5.41 Å². The highest BCUT2D eigenvalue weighted by atomic mass is 79.9. The van der Waals surface area contributed by atoms with Crippen LogP contribution in [0.1, 0.15) is 27.2 Å². The van der Waals surface area contributed by atoms with E-state index in [2.05, 4.69) is 36.4 Å². The van der Waals surface area contributed by atoms with Gasteiger partial charge in [0, 0.05) is 5.33 Å². The molecule has 0 atom stereocenters. The Balaban J connectivity index is 3.37. The molecule has 0 bridgehead atoms. The highest BCUT2D eigenvalue weighted by Gasteiger charge is 2.15. The molecule has 0 N–H and O–H groups in total. The highest BCUT2D eigenvalue weighted by Crippen LogP contribution is 2.18. The molecule has 72 valence electrons. The van der Waals surface area contributed by atoms with Crippen LogP contribution in [0.5, 0.6) is 0 Å². The second-order valence-electron chi connectivity index (χ2n) is 4.06. The fourth-order valence-electron chi connectivity index (χ4n) is 0.633. The molecule has 12 heavy (non-hydrogen) atoms. The van der Waals surface area contributed by atoms with Crippen molar-refractivity contribution in [3.8, 4) is 0 Å². The van der Waals surface area contributed by atoms with E-state index in [4.69, 9.17) is 4.74 Å². The topological polar surface area (TPSA) is 9.23 Å². The molecule has 0 rings (SSSR count). The molecule has 0 aromatic carbocycles. The van der Waals surface area contributed by atoms with Crippen molar-refractivity contribution < 1.29 is 4.74 Å². The molecule has 0 heterocycles. The van der Waals surface area contributed by atoms with Gasteiger partial charge in [0.05, 0.1) is 13.2 Å². The molecule has 0 radical (unpaired) electrons. The number of halogens is 1. The van der Waals surface area contributed by atoms with Gasteiger partial charge in [-0.25, -0.2) is 0 Å². The quantitative estimate of drug-likeness (QED) is 0.389. The predicted octanol–water partition coefficient (Wildman–Crippen LogP) is 3.39. The summed E-state index contributed by atoms with van der Waals surface area (Å²) in [5.74, 6) is 0. The normalized spacial score (nSPS) is 11.7. The Labute approximate surface area is 84.3 Å². The van der Waals surface area contributed by atoms with Crippen LogP contribution in [0.15, 0.2) is 12.2 Å². The van der Waals surface area contributed by atoms with Gasteiger partial charge in [0.15, 0.2) is 0 Å². The molecule has 0 aromatic heterocycles. The molecule has 0 saturated heterocycles. The zero-order valence-electron chi connectivity index (χ0n) is 8.32. The molecule has 0 aliphatic heterocycles. The number of hydrogen-bond acceptors (Lipinski definition) is 1. The molecule has 0 aromatic rings. The third-order valence-electron chi connectivity index (χ3n) is 1.53. The monoisotopic (exact) mass is 234 g/mol. The molecule has 0 fully saturated rings. The number of hydrogen-bond donors (Lipinski definition) is 0. The third kappa shape index (κ3) is 6.86. The van der Waals surface area contributed by atoms with Crippen molar-refractivity contribution in [2.45, 2.75) is 27.2 Å². The lowest BCUT2D eigenvalue weighted by Crippen LogP contribution is -2.21. The first-order valence-corrected chi connectivity index (χ1v) is 5.38. The Bertz CT molecular complexity index is 141. The molecular formula is C10H19BrO. The van der Waals surface area contributed by atoms with E-state index in [1.54, 1.807) is 0 Å². The zero-order valence-corrected chi connectivity index (χ0v) is 9.91. The molecule has 2 heteroatoms.